The standard InChI is InChI=1S/C24H32ClN3O2/c1-2-30-23-10-3-6-19(24(23)29)17-26-11-5-9-22(18-26)28-14-12-27(13-15-28)21-8-4-7-20(25)16-21/h3-4,6-8,10,16,22,29H,2,5,9,11-15,17-18H2,1H3/t22-/m1/s1. The Morgan fingerprint density at radius 2 is 1.87 bits per heavy atom. The van der Waals surface area contributed by atoms with Gasteiger partial charge in [-0.25, -0.2) is 0 Å². The van der Waals surface area contributed by atoms with Crippen LogP contribution in [0.15, 0.2) is 42.5 Å². The molecular formula is C24H32ClN3O2. The van der Waals surface area contributed by atoms with E-state index in [-0.39, 0.29) is 5.75 Å². The number of hydrogen-bond acceptors (Lipinski definition) is 5. The Kier molecular flexibility index (Phi) is 7.03. The molecule has 2 aliphatic rings. The van der Waals surface area contributed by atoms with Crippen molar-refractivity contribution < 1.29 is 9.84 Å². The fourth-order valence-corrected chi connectivity index (χ4v) is 4.88. The summed E-state index contributed by atoms with van der Waals surface area (Å²) in [6.45, 7) is 9.63. The first-order chi connectivity index (χ1) is 14.6. The van der Waals surface area contributed by atoms with Crippen molar-refractivity contribution in [2.75, 3.05) is 50.8 Å². The normalized spacial score (nSPS) is 21.0. The van der Waals surface area contributed by atoms with Crippen LogP contribution in [0.4, 0.5) is 5.69 Å². The molecule has 1 N–H and O–H groups in total. The van der Waals surface area contributed by atoms with E-state index >= 15 is 0 Å². The molecule has 0 spiro atoms. The Balaban J connectivity index is 1.33. The van der Waals surface area contributed by atoms with E-state index in [4.69, 9.17) is 16.3 Å². The molecule has 162 valence electrons. The molecule has 2 aromatic rings. The Morgan fingerprint density at radius 3 is 2.63 bits per heavy atom. The molecule has 0 amide bonds. The van der Waals surface area contributed by atoms with Crippen LogP contribution in [0.25, 0.3) is 0 Å². The highest BCUT2D eigenvalue weighted by molar-refractivity contribution is 6.30. The predicted molar refractivity (Wildman–Crippen MR) is 123 cm³/mol. The number of aromatic hydroxyl groups is 1. The first-order valence-electron chi connectivity index (χ1n) is 11.0. The fraction of sp³-hybridized carbons (Fsp3) is 0.500. The number of rotatable bonds is 6. The Hall–Kier alpha value is -1.95. The second kappa shape index (κ2) is 9.90. The van der Waals surface area contributed by atoms with Crippen LogP contribution < -0.4 is 9.64 Å². The van der Waals surface area contributed by atoms with Gasteiger partial charge in [0.1, 0.15) is 0 Å². The van der Waals surface area contributed by atoms with E-state index in [9.17, 15) is 5.11 Å². The number of anilines is 1. The highest BCUT2D eigenvalue weighted by Crippen LogP contribution is 2.31. The van der Waals surface area contributed by atoms with Crippen molar-refractivity contribution in [3.8, 4) is 11.5 Å². The molecule has 30 heavy (non-hydrogen) atoms. The largest absolute Gasteiger partial charge is 0.504 e. The van der Waals surface area contributed by atoms with Crippen molar-refractivity contribution in [2.24, 2.45) is 0 Å². The lowest BCUT2D eigenvalue weighted by Crippen LogP contribution is -2.55. The van der Waals surface area contributed by atoms with E-state index in [1.165, 1.54) is 18.5 Å². The molecule has 0 unspecified atom stereocenters. The van der Waals surface area contributed by atoms with Gasteiger partial charge >= 0.3 is 0 Å². The molecule has 2 aromatic carbocycles. The lowest BCUT2D eigenvalue weighted by atomic mass is 10.0. The molecule has 0 aliphatic carbocycles. The zero-order chi connectivity index (χ0) is 20.9. The zero-order valence-corrected chi connectivity index (χ0v) is 18.5. The van der Waals surface area contributed by atoms with Gasteiger partial charge < -0.3 is 14.7 Å². The Bertz CT molecular complexity index is 839. The van der Waals surface area contributed by atoms with Crippen LogP contribution in [0.2, 0.25) is 5.02 Å². The number of benzene rings is 2. The number of ether oxygens (including phenoxy) is 1. The average molecular weight is 430 g/mol. The van der Waals surface area contributed by atoms with Crippen molar-refractivity contribution in [3.05, 3.63) is 53.1 Å². The third-order valence-corrected chi connectivity index (χ3v) is 6.50. The fourth-order valence-electron chi connectivity index (χ4n) is 4.70. The zero-order valence-electron chi connectivity index (χ0n) is 17.8. The van der Waals surface area contributed by atoms with Crippen LogP contribution in [-0.4, -0.2) is 66.8 Å². The summed E-state index contributed by atoms with van der Waals surface area (Å²) in [7, 11) is 0. The minimum atomic E-state index is 0.289. The maximum Gasteiger partial charge on any atom is 0.162 e. The first-order valence-corrected chi connectivity index (χ1v) is 11.4. The van der Waals surface area contributed by atoms with Gasteiger partial charge in [-0.3, -0.25) is 9.80 Å². The number of para-hydroxylation sites is 1. The van der Waals surface area contributed by atoms with Crippen LogP contribution in [0.3, 0.4) is 0 Å². The molecule has 2 saturated heterocycles. The van der Waals surface area contributed by atoms with Gasteiger partial charge in [0.2, 0.25) is 0 Å². The molecule has 2 aliphatic heterocycles. The van der Waals surface area contributed by atoms with Gasteiger partial charge in [-0.05, 0) is 50.6 Å². The summed E-state index contributed by atoms with van der Waals surface area (Å²) in [5.41, 5.74) is 2.17. The Labute approximate surface area is 184 Å². The number of phenols is 1. The number of piperazine rings is 1. The minimum absolute atomic E-state index is 0.289. The lowest BCUT2D eigenvalue weighted by molar-refractivity contribution is 0.0882. The monoisotopic (exact) mass is 429 g/mol. The van der Waals surface area contributed by atoms with Gasteiger partial charge in [0.05, 0.1) is 6.61 Å². The van der Waals surface area contributed by atoms with Crippen LogP contribution in [0.5, 0.6) is 11.5 Å². The quantitative estimate of drug-likeness (QED) is 0.743. The molecule has 0 radical (unpaired) electrons. The van der Waals surface area contributed by atoms with E-state index in [1.54, 1.807) is 0 Å². The van der Waals surface area contributed by atoms with Gasteiger partial charge in [-0.1, -0.05) is 29.8 Å². The van der Waals surface area contributed by atoms with Gasteiger partial charge in [0.15, 0.2) is 11.5 Å². The van der Waals surface area contributed by atoms with Crippen LogP contribution >= 0.6 is 11.6 Å². The number of likely N-dealkylation sites (tertiary alicyclic amines) is 1. The maximum absolute atomic E-state index is 10.5. The molecule has 2 heterocycles. The van der Waals surface area contributed by atoms with Gasteiger partial charge in [-0.2, -0.15) is 0 Å². The number of phenolic OH excluding ortho intramolecular Hbond substituents is 1. The topological polar surface area (TPSA) is 39.2 Å². The first kappa shape index (κ1) is 21.3. The van der Waals surface area contributed by atoms with Crippen LogP contribution in [-0.2, 0) is 6.54 Å². The van der Waals surface area contributed by atoms with Crippen molar-refractivity contribution in [1.29, 1.82) is 0 Å². The summed E-state index contributed by atoms with van der Waals surface area (Å²) >= 11 is 6.17. The molecule has 2 fully saturated rings. The predicted octanol–water partition coefficient (Wildman–Crippen LogP) is 4.23. The van der Waals surface area contributed by atoms with Crippen LogP contribution in [0, 0.1) is 0 Å². The number of halogens is 1. The van der Waals surface area contributed by atoms with Gasteiger partial charge in [-0.15, -0.1) is 0 Å². The SMILES string of the molecule is CCOc1cccc(CN2CCC[C@@H](N3CCN(c4cccc(Cl)c4)CC3)C2)c1O. The van der Waals surface area contributed by atoms with Crippen molar-refractivity contribution in [2.45, 2.75) is 32.4 Å². The molecule has 0 aromatic heterocycles. The van der Waals surface area contributed by atoms with Crippen molar-refractivity contribution in [1.82, 2.24) is 9.80 Å². The molecular weight excluding hydrogens is 398 g/mol. The van der Waals surface area contributed by atoms with Gasteiger partial charge in [0, 0.05) is 61.6 Å². The second-order valence-electron chi connectivity index (χ2n) is 8.23. The highest BCUT2D eigenvalue weighted by atomic mass is 35.5. The smallest absolute Gasteiger partial charge is 0.162 e. The number of nitrogens with zero attached hydrogens (tertiary/aromatic N) is 3. The average Bonchev–Trinajstić information content (AvgIpc) is 2.77. The molecule has 0 bridgehead atoms. The third kappa shape index (κ3) is 5.02. The van der Waals surface area contributed by atoms with E-state index in [0.717, 1.165) is 56.4 Å². The van der Waals surface area contributed by atoms with Gasteiger partial charge in [0.25, 0.3) is 0 Å². The highest BCUT2D eigenvalue weighted by Gasteiger charge is 2.28. The summed E-state index contributed by atoms with van der Waals surface area (Å²) in [5.74, 6) is 0.873. The van der Waals surface area contributed by atoms with Crippen molar-refractivity contribution in [3.63, 3.8) is 0 Å². The molecule has 4 rings (SSSR count). The number of hydrogen-bond donors (Lipinski definition) is 1. The summed E-state index contributed by atoms with van der Waals surface area (Å²) in [6.07, 6.45) is 2.45. The Morgan fingerprint density at radius 1 is 1.07 bits per heavy atom. The van der Waals surface area contributed by atoms with Crippen molar-refractivity contribution >= 4 is 17.3 Å². The van der Waals surface area contributed by atoms with E-state index in [0.29, 0.717) is 18.4 Å². The summed E-state index contributed by atoms with van der Waals surface area (Å²) in [5, 5.41) is 11.3. The number of piperidine rings is 1. The second-order valence-corrected chi connectivity index (χ2v) is 8.67. The summed E-state index contributed by atoms with van der Waals surface area (Å²) in [4.78, 5) is 7.55. The maximum atomic E-state index is 10.5. The molecule has 1 atom stereocenters. The third-order valence-electron chi connectivity index (χ3n) is 6.26. The molecule has 6 heteroatoms. The minimum Gasteiger partial charge on any atom is -0.504 e. The summed E-state index contributed by atoms with van der Waals surface area (Å²) in [6, 6.07) is 14.5. The molecule has 0 saturated carbocycles. The van der Waals surface area contributed by atoms with E-state index < -0.39 is 0 Å². The molecule has 5 nitrogen and oxygen atoms in total. The summed E-state index contributed by atoms with van der Waals surface area (Å²) < 4.78 is 5.55. The van der Waals surface area contributed by atoms with E-state index in [2.05, 4.69) is 26.8 Å². The van der Waals surface area contributed by atoms with E-state index in [1.807, 2.05) is 37.3 Å². The lowest BCUT2D eigenvalue weighted by Gasteiger charge is -2.44. The van der Waals surface area contributed by atoms with Crippen LogP contribution in [0.1, 0.15) is 25.3 Å².